The summed E-state index contributed by atoms with van der Waals surface area (Å²) in [6, 6.07) is 1.85. The molecule has 3 aliphatic heterocycles. The van der Waals surface area contributed by atoms with Crippen LogP contribution in [-0.2, 0) is 0 Å². The van der Waals surface area contributed by atoms with E-state index in [1.54, 1.807) is 0 Å². The largest absolute Gasteiger partial charge is 0.306 e. The molecule has 0 N–H and O–H groups in total. The van der Waals surface area contributed by atoms with Crippen LogP contribution in [0.3, 0.4) is 0 Å². The van der Waals surface area contributed by atoms with Crippen molar-refractivity contribution >= 4 is 0 Å². The fraction of sp³-hybridized carbons (Fsp3) is 1.00. The molecule has 3 heteroatoms. The molecule has 1 saturated carbocycles. The molecule has 1 aliphatic carbocycles. The number of likely N-dealkylation sites (tertiary alicyclic amines) is 3. The highest BCUT2D eigenvalue weighted by molar-refractivity contribution is 5.02. The summed E-state index contributed by atoms with van der Waals surface area (Å²) in [6.45, 7) is 10.5. The summed E-state index contributed by atoms with van der Waals surface area (Å²) >= 11 is 0. The van der Waals surface area contributed by atoms with Crippen LogP contribution < -0.4 is 0 Å². The lowest BCUT2D eigenvalue weighted by molar-refractivity contribution is -0.0581. The summed E-state index contributed by atoms with van der Waals surface area (Å²) < 4.78 is 0. The molecule has 4 fully saturated rings. The molecule has 3 heterocycles. The lowest BCUT2D eigenvalue weighted by Crippen LogP contribution is -2.59. The van der Waals surface area contributed by atoms with Gasteiger partial charge in [-0.25, -0.2) is 0 Å². The Morgan fingerprint density at radius 2 is 1.43 bits per heavy atom. The lowest BCUT2D eigenvalue weighted by atomic mass is 9.60. The fourth-order valence-corrected chi connectivity index (χ4v) is 5.36. The zero-order valence-corrected chi connectivity index (χ0v) is 14.1. The average Bonchev–Trinajstić information content (AvgIpc) is 2.43. The van der Waals surface area contributed by atoms with E-state index in [0.717, 1.165) is 23.4 Å². The summed E-state index contributed by atoms with van der Waals surface area (Å²) in [5, 5.41) is 0. The molecule has 0 unspecified atom stereocenters. The number of hydrogen-bond donors (Lipinski definition) is 0. The summed E-state index contributed by atoms with van der Waals surface area (Å²) in [4.78, 5) is 8.09. The van der Waals surface area contributed by atoms with Crippen LogP contribution in [0.15, 0.2) is 0 Å². The van der Waals surface area contributed by atoms with Crippen LogP contribution in [-0.4, -0.2) is 73.1 Å². The second-order valence-electron chi connectivity index (χ2n) is 8.69. The monoisotopic (exact) mass is 291 g/mol. The van der Waals surface area contributed by atoms with Crippen LogP contribution in [0.25, 0.3) is 0 Å². The van der Waals surface area contributed by atoms with Crippen molar-refractivity contribution in [2.45, 2.75) is 57.5 Å². The summed E-state index contributed by atoms with van der Waals surface area (Å²) in [7, 11) is 2.28. The second-order valence-corrected chi connectivity index (χ2v) is 8.69. The van der Waals surface area contributed by atoms with E-state index in [0.29, 0.717) is 0 Å². The van der Waals surface area contributed by atoms with Gasteiger partial charge in [0.1, 0.15) is 0 Å². The van der Waals surface area contributed by atoms with Gasteiger partial charge in [-0.05, 0) is 83.1 Å². The fourth-order valence-electron chi connectivity index (χ4n) is 5.36. The Bertz CT molecular complexity index is 353. The van der Waals surface area contributed by atoms with E-state index in [1.807, 2.05) is 0 Å². The lowest BCUT2D eigenvalue weighted by Gasteiger charge is -2.56. The zero-order valence-electron chi connectivity index (χ0n) is 14.1. The van der Waals surface area contributed by atoms with Crippen molar-refractivity contribution in [3.63, 3.8) is 0 Å². The van der Waals surface area contributed by atoms with Gasteiger partial charge in [0.15, 0.2) is 0 Å². The molecule has 3 nitrogen and oxygen atoms in total. The molecular formula is C18H33N3. The standard InChI is InChI=1S/C18H33N3/c1-15-13-21(14-15)16-3-7-20(8-4-16)17-11-18(12-17)5-9-19(2)10-6-18/h15-17H,3-14H2,1-2H3. The average molecular weight is 291 g/mol. The first-order chi connectivity index (χ1) is 10.1. The maximum absolute atomic E-state index is 2.84. The van der Waals surface area contributed by atoms with Crippen molar-refractivity contribution in [3.05, 3.63) is 0 Å². The van der Waals surface area contributed by atoms with Crippen LogP contribution in [0, 0.1) is 11.3 Å². The van der Waals surface area contributed by atoms with Crippen molar-refractivity contribution in [1.82, 2.24) is 14.7 Å². The van der Waals surface area contributed by atoms with Crippen molar-refractivity contribution in [2.24, 2.45) is 11.3 Å². The van der Waals surface area contributed by atoms with E-state index in [-0.39, 0.29) is 0 Å². The molecule has 120 valence electrons. The number of hydrogen-bond acceptors (Lipinski definition) is 3. The molecule has 1 spiro atoms. The Kier molecular flexibility index (Phi) is 3.79. The van der Waals surface area contributed by atoms with Gasteiger partial charge in [0, 0.05) is 25.2 Å². The van der Waals surface area contributed by atoms with Gasteiger partial charge in [-0.3, -0.25) is 4.90 Å². The van der Waals surface area contributed by atoms with Gasteiger partial charge in [0.25, 0.3) is 0 Å². The molecule has 0 aromatic carbocycles. The highest BCUT2D eigenvalue weighted by atomic mass is 15.3. The normalized spacial score (nSPS) is 34.0. The van der Waals surface area contributed by atoms with Gasteiger partial charge in [-0.2, -0.15) is 0 Å². The number of nitrogens with zero attached hydrogens (tertiary/aromatic N) is 3. The van der Waals surface area contributed by atoms with Crippen molar-refractivity contribution in [1.29, 1.82) is 0 Å². The van der Waals surface area contributed by atoms with Crippen LogP contribution in [0.5, 0.6) is 0 Å². The molecule has 0 radical (unpaired) electrons. The number of rotatable bonds is 2. The first-order valence-corrected chi connectivity index (χ1v) is 9.30. The highest BCUT2D eigenvalue weighted by Crippen LogP contribution is 2.51. The third-order valence-electron chi connectivity index (χ3n) is 7.01. The Hall–Kier alpha value is -0.120. The molecule has 0 aromatic heterocycles. The minimum Gasteiger partial charge on any atom is -0.306 e. The first kappa shape index (κ1) is 14.5. The molecule has 0 amide bonds. The smallest absolute Gasteiger partial charge is 0.0120 e. The molecule has 3 saturated heterocycles. The molecule has 4 rings (SSSR count). The van der Waals surface area contributed by atoms with Crippen molar-refractivity contribution < 1.29 is 0 Å². The highest BCUT2D eigenvalue weighted by Gasteiger charge is 2.47. The van der Waals surface area contributed by atoms with E-state index in [2.05, 4.69) is 28.7 Å². The van der Waals surface area contributed by atoms with Crippen LogP contribution >= 0.6 is 0 Å². The van der Waals surface area contributed by atoms with E-state index >= 15 is 0 Å². The van der Waals surface area contributed by atoms with Gasteiger partial charge in [-0.1, -0.05) is 6.92 Å². The Labute approximate surface area is 130 Å². The van der Waals surface area contributed by atoms with Gasteiger partial charge >= 0.3 is 0 Å². The maximum atomic E-state index is 2.84. The van der Waals surface area contributed by atoms with E-state index in [4.69, 9.17) is 0 Å². The van der Waals surface area contributed by atoms with Crippen molar-refractivity contribution in [3.8, 4) is 0 Å². The SMILES string of the molecule is CC1CN(C2CCN(C3CC4(CCN(C)CC4)C3)CC2)C1. The third kappa shape index (κ3) is 2.77. The molecule has 0 aromatic rings. The van der Waals surface area contributed by atoms with Gasteiger partial charge in [0.05, 0.1) is 0 Å². The van der Waals surface area contributed by atoms with Gasteiger partial charge in [-0.15, -0.1) is 0 Å². The molecular weight excluding hydrogens is 258 g/mol. The Balaban J connectivity index is 1.21. The summed E-state index contributed by atoms with van der Waals surface area (Å²) in [5.74, 6) is 0.957. The topological polar surface area (TPSA) is 9.72 Å². The van der Waals surface area contributed by atoms with E-state index in [1.165, 1.54) is 77.8 Å². The predicted molar refractivity (Wildman–Crippen MR) is 87.5 cm³/mol. The zero-order chi connectivity index (χ0) is 14.4. The summed E-state index contributed by atoms with van der Waals surface area (Å²) in [5.41, 5.74) is 0.751. The number of piperidine rings is 2. The van der Waals surface area contributed by atoms with Gasteiger partial charge in [0.2, 0.25) is 0 Å². The Morgan fingerprint density at radius 1 is 0.810 bits per heavy atom. The minimum atomic E-state index is 0.751. The molecule has 0 bridgehead atoms. The van der Waals surface area contributed by atoms with Crippen molar-refractivity contribution in [2.75, 3.05) is 46.3 Å². The van der Waals surface area contributed by atoms with Crippen LogP contribution in [0.1, 0.15) is 45.4 Å². The third-order valence-corrected chi connectivity index (χ3v) is 7.01. The van der Waals surface area contributed by atoms with E-state index < -0.39 is 0 Å². The van der Waals surface area contributed by atoms with Gasteiger partial charge < -0.3 is 9.80 Å². The predicted octanol–water partition coefficient (Wildman–Crippen LogP) is 2.28. The molecule has 0 atom stereocenters. The first-order valence-electron chi connectivity index (χ1n) is 9.30. The van der Waals surface area contributed by atoms with E-state index in [9.17, 15) is 0 Å². The summed E-state index contributed by atoms with van der Waals surface area (Å²) in [6.07, 6.45) is 8.79. The quantitative estimate of drug-likeness (QED) is 0.773. The molecule has 4 aliphatic rings. The van der Waals surface area contributed by atoms with Crippen LogP contribution in [0.4, 0.5) is 0 Å². The maximum Gasteiger partial charge on any atom is 0.0120 e. The van der Waals surface area contributed by atoms with Crippen LogP contribution in [0.2, 0.25) is 0 Å². The molecule has 21 heavy (non-hydrogen) atoms. The Morgan fingerprint density at radius 3 is 2.00 bits per heavy atom. The minimum absolute atomic E-state index is 0.751. The second kappa shape index (κ2) is 5.50.